The van der Waals surface area contributed by atoms with E-state index in [0.29, 0.717) is 5.75 Å². The number of rotatable bonds is 0. The molecule has 0 bridgehead atoms. The monoisotopic (exact) mass is 214 g/mol. The van der Waals surface area contributed by atoms with Gasteiger partial charge in [-0.25, -0.2) is 0 Å². The van der Waals surface area contributed by atoms with Gasteiger partial charge in [-0.05, 0) is 48.9 Å². The number of phenols is 2. The molecule has 0 radical (unpaired) electrons. The van der Waals surface area contributed by atoms with Gasteiger partial charge in [0.05, 0.1) is 0 Å². The van der Waals surface area contributed by atoms with Crippen molar-refractivity contribution >= 4 is 10.8 Å². The van der Waals surface area contributed by atoms with Crippen LogP contribution < -0.4 is 0 Å². The van der Waals surface area contributed by atoms with Crippen molar-refractivity contribution in [2.45, 2.75) is 25.7 Å². The third kappa shape index (κ3) is 1.26. The van der Waals surface area contributed by atoms with Crippen LogP contribution in [0.5, 0.6) is 11.5 Å². The normalized spacial score (nSPS) is 15.0. The highest BCUT2D eigenvalue weighted by Gasteiger charge is 2.16. The van der Waals surface area contributed by atoms with Crippen LogP contribution in [-0.2, 0) is 12.8 Å². The Morgan fingerprint density at radius 2 is 1.75 bits per heavy atom. The van der Waals surface area contributed by atoms with E-state index in [4.69, 9.17) is 0 Å². The first-order valence-electron chi connectivity index (χ1n) is 5.73. The molecule has 0 heterocycles. The molecule has 82 valence electrons. The Kier molecular flexibility index (Phi) is 2.03. The molecule has 16 heavy (non-hydrogen) atoms. The second-order valence-corrected chi connectivity index (χ2v) is 4.44. The Hall–Kier alpha value is -1.70. The first kappa shape index (κ1) is 9.52. The van der Waals surface area contributed by atoms with Gasteiger partial charge in [0.2, 0.25) is 0 Å². The van der Waals surface area contributed by atoms with Crippen LogP contribution in [0.3, 0.4) is 0 Å². The summed E-state index contributed by atoms with van der Waals surface area (Å²) >= 11 is 0. The van der Waals surface area contributed by atoms with Crippen molar-refractivity contribution in [3.8, 4) is 11.5 Å². The predicted molar refractivity (Wildman–Crippen MR) is 63.9 cm³/mol. The molecule has 0 saturated heterocycles. The second-order valence-electron chi connectivity index (χ2n) is 4.44. The molecule has 2 heteroatoms. The lowest BCUT2D eigenvalue weighted by Crippen LogP contribution is -2.02. The lowest BCUT2D eigenvalue weighted by atomic mass is 9.88. The maximum atomic E-state index is 10.2. The summed E-state index contributed by atoms with van der Waals surface area (Å²) in [6.07, 6.45) is 4.27. The highest BCUT2D eigenvalue weighted by atomic mass is 16.3. The molecule has 3 rings (SSSR count). The van der Waals surface area contributed by atoms with Gasteiger partial charge in [-0.3, -0.25) is 0 Å². The Morgan fingerprint density at radius 3 is 2.62 bits per heavy atom. The van der Waals surface area contributed by atoms with Gasteiger partial charge >= 0.3 is 0 Å². The lowest BCUT2D eigenvalue weighted by Gasteiger charge is -2.18. The number of fused-ring (bicyclic) bond motifs is 2. The summed E-state index contributed by atoms with van der Waals surface area (Å²) in [6, 6.07) is 7.32. The molecule has 1 aliphatic carbocycles. The molecule has 0 aliphatic heterocycles. The van der Waals surface area contributed by atoms with E-state index < -0.39 is 0 Å². The summed E-state index contributed by atoms with van der Waals surface area (Å²) in [5, 5.41) is 21.5. The van der Waals surface area contributed by atoms with Crippen molar-refractivity contribution < 1.29 is 10.2 Å². The molecule has 0 aromatic heterocycles. The molecule has 2 N–H and O–H groups in total. The van der Waals surface area contributed by atoms with E-state index in [-0.39, 0.29) is 5.75 Å². The summed E-state index contributed by atoms with van der Waals surface area (Å²) in [5.41, 5.74) is 2.27. The molecule has 2 aromatic carbocycles. The quantitative estimate of drug-likeness (QED) is 0.707. The molecule has 2 nitrogen and oxygen atoms in total. The first-order valence-corrected chi connectivity index (χ1v) is 5.73. The smallest absolute Gasteiger partial charge is 0.126 e. The molecular weight excluding hydrogens is 200 g/mol. The molecule has 0 amide bonds. The molecular formula is C14H14O2. The predicted octanol–water partition coefficient (Wildman–Crippen LogP) is 3.13. The Labute approximate surface area is 94.2 Å². The number of hydrogen-bond acceptors (Lipinski definition) is 2. The highest BCUT2D eigenvalue weighted by Crippen LogP contribution is 2.38. The fraction of sp³-hybridized carbons (Fsp3) is 0.286. The standard InChI is InChI=1S/C14H14O2/c15-13-7-3-6-11-12(13)8-9-4-1-2-5-10(9)14(11)16/h3,6-8,15-16H,1-2,4-5H2. The SMILES string of the molecule is Oc1cccc2c(O)c3c(cc12)CCCC3. The number of hydrogen-bond donors (Lipinski definition) is 2. The van der Waals surface area contributed by atoms with Gasteiger partial charge in [0.15, 0.2) is 0 Å². The summed E-state index contributed by atoms with van der Waals surface area (Å²) in [4.78, 5) is 0. The van der Waals surface area contributed by atoms with Gasteiger partial charge in [-0.15, -0.1) is 0 Å². The summed E-state index contributed by atoms with van der Waals surface area (Å²) < 4.78 is 0. The summed E-state index contributed by atoms with van der Waals surface area (Å²) in [7, 11) is 0. The number of phenolic OH excluding ortho intramolecular Hbond substituents is 2. The fourth-order valence-corrected chi connectivity index (χ4v) is 2.61. The summed E-state index contributed by atoms with van der Waals surface area (Å²) in [5.74, 6) is 0.615. The van der Waals surface area contributed by atoms with E-state index in [1.165, 1.54) is 12.0 Å². The van der Waals surface area contributed by atoms with E-state index in [0.717, 1.165) is 35.6 Å². The Morgan fingerprint density at radius 1 is 0.938 bits per heavy atom. The van der Waals surface area contributed by atoms with Gasteiger partial charge < -0.3 is 10.2 Å². The van der Waals surface area contributed by atoms with Crippen LogP contribution in [0.1, 0.15) is 24.0 Å². The number of aryl methyl sites for hydroxylation is 1. The van der Waals surface area contributed by atoms with Crippen molar-refractivity contribution in [1.29, 1.82) is 0 Å². The van der Waals surface area contributed by atoms with Crippen molar-refractivity contribution in [1.82, 2.24) is 0 Å². The molecule has 0 spiro atoms. The van der Waals surface area contributed by atoms with Crippen molar-refractivity contribution in [2.24, 2.45) is 0 Å². The largest absolute Gasteiger partial charge is 0.507 e. The maximum Gasteiger partial charge on any atom is 0.126 e. The lowest BCUT2D eigenvalue weighted by molar-refractivity contribution is 0.465. The highest BCUT2D eigenvalue weighted by molar-refractivity contribution is 5.94. The van der Waals surface area contributed by atoms with Crippen LogP contribution in [0.2, 0.25) is 0 Å². The van der Waals surface area contributed by atoms with Gasteiger partial charge in [0.1, 0.15) is 11.5 Å². The van der Waals surface area contributed by atoms with Crippen LogP contribution >= 0.6 is 0 Å². The van der Waals surface area contributed by atoms with Crippen molar-refractivity contribution in [2.75, 3.05) is 0 Å². The molecule has 2 aromatic rings. The van der Waals surface area contributed by atoms with Crippen LogP contribution in [0.4, 0.5) is 0 Å². The Bertz CT molecular complexity index is 558. The minimum Gasteiger partial charge on any atom is -0.507 e. The summed E-state index contributed by atoms with van der Waals surface area (Å²) in [6.45, 7) is 0. The van der Waals surface area contributed by atoms with E-state index >= 15 is 0 Å². The zero-order valence-electron chi connectivity index (χ0n) is 9.03. The zero-order chi connectivity index (χ0) is 11.1. The minimum absolute atomic E-state index is 0.251. The van der Waals surface area contributed by atoms with Crippen LogP contribution in [-0.4, -0.2) is 10.2 Å². The topological polar surface area (TPSA) is 40.5 Å². The third-order valence-electron chi connectivity index (χ3n) is 3.45. The van der Waals surface area contributed by atoms with Gasteiger partial charge in [0, 0.05) is 10.8 Å². The van der Waals surface area contributed by atoms with Gasteiger partial charge in [-0.1, -0.05) is 12.1 Å². The van der Waals surface area contributed by atoms with E-state index in [9.17, 15) is 10.2 Å². The van der Waals surface area contributed by atoms with E-state index in [1.54, 1.807) is 12.1 Å². The number of aromatic hydroxyl groups is 2. The zero-order valence-corrected chi connectivity index (χ0v) is 9.03. The Balaban J connectivity index is 2.39. The van der Waals surface area contributed by atoms with Crippen molar-refractivity contribution in [3.05, 3.63) is 35.4 Å². The molecule has 0 atom stereocenters. The molecule has 0 unspecified atom stereocenters. The van der Waals surface area contributed by atoms with Gasteiger partial charge in [-0.2, -0.15) is 0 Å². The molecule has 1 aliphatic rings. The average molecular weight is 214 g/mol. The first-order chi connectivity index (χ1) is 7.77. The second kappa shape index (κ2) is 3.41. The van der Waals surface area contributed by atoms with E-state index in [2.05, 4.69) is 0 Å². The van der Waals surface area contributed by atoms with E-state index in [1.807, 2.05) is 12.1 Å². The third-order valence-corrected chi connectivity index (χ3v) is 3.45. The fourth-order valence-electron chi connectivity index (χ4n) is 2.61. The number of benzene rings is 2. The van der Waals surface area contributed by atoms with Crippen LogP contribution in [0.25, 0.3) is 10.8 Å². The van der Waals surface area contributed by atoms with Crippen molar-refractivity contribution in [3.63, 3.8) is 0 Å². The maximum absolute atomic E-state index is 10.2. The minimum atomic E-state index is 0.251. The van der Waals surface area contributed by atoms with Crippen LogP contribution in [0, 0.1) is 0 Å². The van der Waals surface area contributed by atoms with Gasteiger partial charge in [0.25, 0.3) is 0 Å². The molecule has 0 saturated carbocycles. The van der Waals surface area contributed by atoms with Crippen LogP contribution in [0.15, 0.2) is 24.3 Å². The molecule has 0 fully saturated rings. The average Bonchev–Trinajstić information content (AvgIpc) is 2.31.